The lowest BCUT2D eigenvalue weighted by Crippen LogP contribution is -2.31. The second kappa shape index (κ2) is 5.25. The minimum atomic E-state index is -3.48. The van der Waals surface area contributed by atoms with E-state index in [9.17, 15) is 13.5 Å². The zero-order chi connectivity index (χ0) is 11.3. The largest absolute Gasteiger partial charge is 0.392 e. The third-order valence-corrected chi connectivity index (χ3v) is 3.47. The van der Waals surface area contributed by atoms with E-state index in [1.165, 1.54) is 12.1 Å². The van der Waals surface area contributed by atoms with Crippen LogP contribution in [0, 0.1) is 0 Å². The van der Waals surface area contributed by atoms with Gasteiger partial charge in [-0.2, -0.15) is 0 Å². The van der Waals surface area contributed by atoms with Gasteiger partial charge in [-0.05, 0) is 18.6 Å². The summed E-state index contributed by atoms with van der Waals surface area (Å²) in [6.45, 7) is 1.84. The van der Waals surface area contributed by atoms with Crippen LogP contribution >= 0.6 is 0 Å². The van der Waals surface area contributed by atoms with Gasteiger partial charge in [0.1, 0.15) is 0 Å². The molecule has 84 valence electrons. The van der Waals surface area contributed by atoms with Crippen LogP contribution in [-0.4, -0.2) is 26.2 Å². The van der Waals surface area contributed by atoms with E-state index in [4.69, 9.17) is 0 Å². The molecule has 0 spiro atoms. The van der Waals surface area contributed by atoms with Gasteiger partial charge in [0.2, 0.25) is 10.0 Å². The molecule has 0 aliphatic carbocycles. The summed E-state index contributed by atoms with van der Waals surface area (Å²) in [5.41, 5.74) is 0. The summed E-state index contributed by atoms with van der Waals surface area (Å²) in [5.74, 6) is 0. The predicted molar refractivity (Wildman–Crippen MR) is 57.9 cm³/mol. The highest BCUT2D eigenvalue weighted by Crippen LogP contribution is 2.06. The van der Waals surface area contributed by atoms with E-state index in [1.807, 2.05) is 0 Å². The van der Waals surface area contributed by atoms with Crippen molar-refractivity contribution in [3.63, 3.8) is 0 Å². The molecule has 0 radical (unpaired) electrons. The smallest absolute Gasteiger partial charge is 0.240 e. The Morgan fingerprint density at radius 3 is 2.47 bits per heavy atom. The van der Waals surface area contributed by atoms with Crippen LogP contribution in [0.2, 0.25) is 0 Å². The minimum Gasteiger partial charge on any atom is -0.392 e. The molecular formula is C10H15NO3S. The first-order valence-corrected chi connectivity index (χ1v) is 6.27. The first-order valence-electron chi connectivity index (χ1n) is 4.79. The SMILES string of the molecule is CCC(O)CNS(=O)(=O)c1ccccc1. The molecule has 0 aliphatic heterocycles. The van der Waals surface area contributed by atoms with E-state index < -0.39 is 16.1 Å². The maximum Gasteiger partial charge on any atom is 0.240 e. The van der Waals surface area contributed by atoms with Gasteiger partial charge >= 0.3 is 0 Å². The molecule has 2 N–H and O–H groups in total. The highest BCUT2D eigenvalue weighted by atomic mass is 32.2. The molecule has 0 saturated carbocycles. The standard InChI is InChI=1S/C10H15NO3S/c1-2-9(12)8-11-15(13,14)10-6-4-3-5-7-10/h3-7,9,11-12H,2,8H2,1H3. The van der Waals surface area contributed by atoms with Crippen LogP contribution in [0.5, 0.6) is 0 Å². The highest BCUT2D eigenvalue weighted by molar-refractivity contribution is 7.89. The molecule has 0 aromatic heterocycles. The van der Waals surface area contributed by atoms with Gasteiger partial charge in [-0.3, -0.25) is 0 Å². The molecule has 4 nitrogen and oxygen atoms in total. The van der Waals surface area contributed by atoms with Gasteiger partial charge in [-0.15, -0.1) is 0 Å². The second-order valence-electron chi connectivity index (χ2n) is 3.23. The van der Waals surface area contributed by atoms with Gasteiger partial charge in [0.25, 0.3) is 0 Å². The lowest BCUT2D eigenvalue weighted by Gasteiger charge is -2.09. The van der Waals surface area contributed by atoms with E-state index in [0.29, 0.717) is 6.42 Å². The molecule has 1 aromatic carbocycles. The van der Waals surface area contributed by atoms with Gasteiger partial charge in [0, 0.05) is 6.54 Å². The number of rotatable bonds is 5. The molecule has 5 heteroatoms. The minimum absolute atomic E-state index is 0.0493. The molecule has 1 unspecified atom stereocenters. The summed E-state index contributed by atoms with van der Waals surface area (Å²) in [4.78, 5) is 0.216. The summed E-state index contributed by atoms with van der Waals surface area (Å²) >= 11 is 0. The lowest BCUT2D eigenvalue weighted by atomic mass is 10.3. The molecule has 0 bridgehead atoms. The summed E-state index contributed by atoms with van der Waals surface area (Å²) in [5, 5.41) is 9.24. The van der Waals surface area contributed by atoms with Crippen molar-refractivity contribution in [3.05, 3.63) is 30.3 Å². The predicted octanol–water partition coefficient (Wildman–Crippen LogP) is 0.736. The summed E-state index contributed by atoms with van der Waals surface area (Å²) in [6.07, 6.45) is -0.111. The number of benzene rings is 1. The van der Waals surface area contributed by atoms with E-state index in [1.54, 1.807) is 25.1 Å². The Kier molecular flexibility index (Phi) is 4.26. The van der Waals surface area contributed by atoms with Crippen LogP contribution in [0.15, 0.2) is 35.2 Å². The Morgan fingerprint density at radius 1 is 1.33 bits per heavy atom. The number of aliphatic hydroxyl groups excluding tert-OH is 1. The van der Waals surface area contributed by atoms with Crippen molar-refractivity contribution in [1.29, 1.82) is 0 Å². The molecule has 0 heterocycles. The Labute approximate surface area is 90.0 Å². The molecule has 0 amide bonds. The van der Waals surface area contributed by atoms with Crippen LogP contribution in [0.4, 0.5) is 0 Å². The Morgan fingerprint density at radius 2 is 1.93 bits per heavy atom. The lowest BCUT2D eigenvalue weighted by molar-refractivity contribution is 0.174. The summed E-state index contributed by atoms with van der Waals surface area (Å²) in [7, 11) is -3.48. The topological polar surface area (TPSA) is 66.4 Å². The van der Waals surface area contributed by atoms with Gasteiger partial charge in [0.15, 0.2) is 0 Å². The number of hydrogen-bond acceptors (Lipinski definition) is 3. The third-order valence-electron chi connectivity index (χ3n) is 2.03. The van der Waals surface area contributed by atoms with Gasteiger partial charge in [-0.1, -0.05) is 25.1 Å². The Hall–Kier alpha value is -0.910. The summed E-state index contributed by atoms with van der Waals surface area (Å²) in [6, 6.07) is 8.09. The van der Waals surface area contributed by atoms with Crippen LogP contribution in [0.25, 0.3) is 0 Å². The Balaban J connectivity index is 2.69. The van der Waals surface area contributed by atoms with Gasteiger partial charge in [-0.25, -0.2) is 13.1 Å². The molecule has 0 saturated heterocycles. The zero-order valence-electron chi connectivity index (χ0n) is 8.55. The molecule has 1 rings (SSSR count). The first-order chi connectivity index (χ1) is 7.06. The summed E-state index contributed by atoms with van der Waals surface area (Å²) < 4.78 is 25.6. The van der Waals surface area contributed by atoms with E-state index in [-0.39, 0.29) is 11.4 Å². The number of sulfonamides is 1. The van der Waals surface area contributed by atoms with Gasteiger partial charge in [0.05, 0.1) is 11.0 Å². The zero-order valence-corrected chi connectivity index (χ0v) is 9.37. The monoisotopic (exact) mass is 229 g/mol. The molecular weight excluding hydrogens is 214 g/mol. The molecule has 1 aromatic rings. The highest BCUT2D eigenvalue weighted by Gasteiger charge is 2.13. The van der Waals surface area contributed by atoms with Crippen LogP contribution in [-0.2, 0) is 10.0 Å². The molecule has 0 fully saturated rings. The molecule has 0 aliphatic rings. The maximum absolute atomic E-state index is 11.6. The number of aliphatic hydroxyl groups is 1. The quantitative estimate of drug-likeness (QED) is 0.782. The van der Waals surface area contributed by atoms with E-state index in [0.717, 1.165) is 0 Å². The van der Waals surface area contributed by atoms with E-state index in [2.05, 4.69) is 4.72 Å². The van der Waals surface area contributed by atoms with Crippen molar-refractivity contribution < 1.29 is 13.5 Å². The fraction of sp³-hybridized carbons (Fsp3) is 0.400. The van der Waals surface area contributed by atoms with Crippen LogP contribution in [0.3, 0.4) is 0 Å². The van der Waals surface area contributed by atoms with Crippen LogP contribution in [0.1, 0.15) is 13.3 Å². The first kappa shape index (κ1) is 12.2. The van der Waals surface area contributed by atoms with Crippen molar-refractivity contribution in [2.24, 2.45) is 0 Å². The number of nitrogens with one attached hydrogen (secondary N) is 1. The molecule has 1 atom stereocenters. The van der Waals surface area contributed by atoms with Crippen molar-refractivity contribution in [1.82, 2.24) is 4.72 Å². The van der Waals surface area contributed by atoms with Gasteiger partial charge < -0.3 is 5.11 Å². The average molecular weight is 229 g/mol. The van der Waals surface area contributed by atoms with Crippen molar-refractivity contribution in [3.8, 4) is 0 Å². The maximum atomic E-state index is 11.6. The third kappa shape index (κ3) is 3.62. The van der Waals surface area contributed by atoms with E-state index >= 15 is 0 Å². The normalized spacial score (nSPS) is 13.7. The fourth-order valence-corrected chi connectivity index (χ4v) is 2.13. The Bertz CT molecular complexity index is 388. The van der Waals surface area contributed by atoms with Crippen molar-refractivity contribution in [2.75, 3.05) is 6.54 Å². The average Bonchev–Trinajstić information content (AvgIpc) is 2.27. The van der Waals surface area contributed by atoms with Crippen molar-refractivity contribution in [2.45, 2.75) is 24.3 Å². The fourth-order valence-electron chi connectivity index (χ4n) is 1.03. The van der Waals surface area contributed by atoms with Crippen LogP contribution < -0.4 is 4.72 Å². The second-order valence-corrected chi connectivity index (χ2v) is 4.99. The number of hydrogen-bond donors (Lipinski definition) is 2. The molecule has 15 heavy (non-hydrogen) atoms. The van der Waals surface area contributed by atoms with Crippen molar-refractivity contribution >= 4 is 10.0 Å².